The summed E-state index contributed by atoms with van der Waals surface area (Å²) in [4.78, 5) is 16.5. The highest BCUT2D eigenvalue weighted by Crippen LogP contribution is 2.28. The van der Waals surface area contributed by atoms with Crippen molar-refractivity contribution in [3.8, 4) is 33.8 Å². The van der Waals surface area contributed by atoms with Gasteiger partial charge in [-0.25, -0.2) is 9.97 Å². The van der Waals surface area contributed by atoms with Crippen LogP contribution in [0.4, 0.5) is 5.82 Å². The Bertz CT molecular complexity index is 1340. The fraction of sp³-hybridized carbons (Fsp3) is 0.0690. The van der Waals surface area contributed by atoms with Crippen molar-refractivity contribution in [1.82, 2.24) is 15.0 Å². The highest BCUT2D eigenvalue weighted by Gasteiger charge is 2.13. The lowest BCUT2D eigenvalue weighted by molar-refractivity contribution is 0.893. The van der Waals surface area contributed by atoms with E-state index >= 15 is 0 Å². The maximum atomic E-state index is 4.92. The van der Waals surface area contributed by atoms with Crippen LogP contribution in [0.25, 0.3) is 33.8 Å². The largest absolute Gasteiger partial charge is 0.355 e. The molecule has 5 aromatic rings. The van der Waals surface area contributed by atoms with Gasteiger partial charge in [0.2, 0.25) is 0 Å². The molecule has 0 amide bonds. The maximum Gasteiger partial charge on any atom is 0.162 e. The van der Waals surface area contributed by atoms with Crippen molar-refractivity contribution < 1.29 is 0 Å². The smallest absolute Gasteiger partial charge is 0.162 e. The number of pyridine rings is 1. The highest BCUT2D eigenvalue weighted by atomic mass is 15.2. The molecule has 33 heavy (non-hydrogen) atoms. The molecule has 0 atom stereocenters. The first-order valence-electron chi connectivity index (χ1n) is 11.0. The van der Waals surface area contributed by atoms with Crippen molar-refractivity contribution in [3.63, 3.8) is 0 Å². The van der Waals surface area contributed by atoms with Gasteiger partial charge in [-0.1, -0.05) is 91.0 Å². The van der Waals surface area contributed by atoms with Crippen molar-refractivity contribution in [2.45, 2.75) is 6.54 Å². The Morgan fingerprint density at radius 3 is 1.91 bits per heavy atom. The quantitative estimate of drug-likeness (QED) is 0.309. The Morgan fingerprint density at radius 2 is 1.21 bits per heavy atom. The van der Waals surface area contributed by atoms with E-state index < -0.39 is 0 Å². The van der Waals surface area contributed by atoms with Gasteiger partial charge >= 0.3 is 0 Å². The van der Waals surface area contributed by atoms with Gasteiger partial charge in [0, 0.05) is 48.7 Å². The zero-order valence-electron chi connectivity index (χ0n) is 18.5. The summed E-state index contributed by atoms with van der Waals surface area (Å²) < 4.78 is 0. The molecule has 0 unspecified atom stereocenters. The van der Waals surface area contributed by atoms with Crippen molar-refractivity contribution in [2.24, 2.45) is 0 Å². The summed E-state index contributed by atoms with van der Waals surface area (Å²) in [5.74, 6) is 1.57. The van der Waals surface area contributed by atoms with Crippen LogP contribution >= 0.6 is 0 Å². The molecule has 0 bridgehead atoms. The maximum absolute atomic E-state index is 4.92. The van der Waals surface area contributed by atoms with Gasteiger partial charge in [-0.3, -0.25) is 4.98 Å². The highest BCUT2D eigenvalue weighted by molar-refractivity contribution is 5.72. The number of hydrogen-bond acceptors (Lipinski definition) is 4. The molecule has 3 aromatic carbocycles. The van der Waals surface area contributed by atoms with E-state index in [1.54, 1.807) is 0 Å². The lowest BCUT2D eigenvalue weighted by Crippen LogP contribution is -2.18. The van der Waals surface area contributed by atoms with E-state index in [4.69, 9.17) is 9.97 Å². The molecule has 160 valence electrons. The minimum atomic E-state index is 0.702. The molecule has 4 nitrogen and oxygen atoms in total. The predicted molar refractivity (Wildman–Crippen MR) is 135 cm³/mol. The van der Waals surface area contributed by atoms with Crippen molar-refractivity contribution in [2.75, 3.05) is 11.9 Å². The van der Waals surface area contributed by atoms with E-state index in [0.29, 0.717) is 5.82 Å². The van der Waals surface area contributed by atoms with Crippen LogP contribution in [0.2, 0.25) is 0 Å². The third-order valence-corrected chi connectivity index (χ3v) is 5.54. The van der Waals surface area contributed by atoms with E-state index in [9.17, 15) is 0 Å². The molecule has 0 radical (unpaired) electrons. The summed E-state index contributed by atoms with van der Waals surface area (Å²) in [6.45, 7) is 0.758. The Kier molecular flexibility index (Phi) is 5.89. The molecular weight excluding hydrogens is 404 g/mol. The monoisotopic (exact) mass is 428 g/mol. The first-order valence-corrected chi connectivity index (χ1v) is 11.0. The van der Waals surface area contributed by atoms with Crippen LogP contribution in [-0.4, -0.2) is 22.0 Å². The Labute approximate surface area is 194 Å². The van der Waals surface area contributed by atoms with Gasteiger partial charge in [0.25, 0.3) is 0 Å². The second-order valence-corrected chi connectivity index (χ2v) is 7.97. The zero-order chi connectivity index (χ0) is 22.5. The van der Waals surface area contributed by atoms with Gasteiger partial charge < -0.3 is 4.90 Å². The number of benzene rings is 3. The molecule has 0 saturated carbocycles. The standard InChI is InChI=1S/C29H24N4/c1-33(21-22-11-5-2-6-12-22)28-18-27(31-29(32-28)24-15-9-4-10-16-24)26-17-25(19-30-20-26)23-13-7-3-8-14-23/h2-20H,21H2,1H3. The van der Waals surface area contributed by atoms with Crippen LogP contribution in [0.1, 0.15) is 5.56 Å². The second kappa shape index (κ2) is 9.45. The van der Waals surface area contributed by atoms with Crippen LogP contribution < -0.4 is 4.90 Å². The van der Waals surface area contributed by atoms with Gasteiger partial charge in [-0.15, -0.1) is 0 Å². The summed E-state index contributed by atoms with van der Waals surface area (Å²) in [5, 5.41) is 0. The molecular formula is C29H24N4. The van der Waals surface area contributed by atoms with Crippen LogP contribution in [0, 0.1) is 0 Å². The molecule has 5 rings (SSSR count). The van der Waals surface area contributed by atoms with E-state index in [-0.39, 0.29) is 0 Å². The van der Waals surface area contributed by atoms with Crippen LogP contribution in [-0.2, 0) is 6.54 Å². The lowest BCUT2D eigenvalue weighted by atomic mass is 10.0. The first kappa shape index (κ1) is 20.6. The first-order chi connectivity index (χ1) is 16.3. The predicted octanol–water partition coefficient (Wildman–Crippen LogP) is 6.51. The van der Waals surface area contributed by atoms with E-state index in [0.717, 1.165) is 40.3 Å². The van der Waals surface area contributed by atoms with Gasteiger partial charge in [0.1, 0.15) is 5.82 Å². The minimum Gasteiger partial charge on any atom is -0.355 e. The fourth-order valence-corrected chi connectivity index (χ4v) is 3.80. The summed E-state index contributed by atoms with van der Waals surface area (Å²) >= 11 is 0. The van der Waals surface area contributed by atoms with Gasteiger partial charge in [0.15, 0.2) is 5.82 Å². The zero-order valence-corrected chi connectivity index (χ0v) is 18.5. The van der Waals surface area contributed by atoms with Crippen molar-refractivity contribution >= 4 is 5.82 Å². The molecule has 0 saturated heterocycles. The van der Waals surface area contributed by atoms with Crippen LogP contribution in [0.5, 0.6) is 0 Å². The topological polar surface area (TPSA) is 41.9 Å². The summed E-state index contributed by atoms with van der Waals surface area (Å²) in [6.07, 6.45) is 3.76. The Morgan fingerprint density at radius 1 is 0.606 bits per heavy atom. The summed E-state index contributed by atoms with van der Waals surface area (Å²) in [6, 6.07) is 35.0. The number of rotatable bonds is 6. The van der Waals surface area contributed by atoms with E-state index in [2.05, 4.69) is 59.4 Å². The second-order valence-electron chi connectivity index (χ2n) is 7.97. The summed E-state index contributed by atoms with van der Waals surface area (Å²) in [5.41, 5.74) is 6.22. The van der Waals surface area contributed by atoms with Gasteiger partial charge in [-0.2, -0.15) is 0 Å². The molecule has 2 heterocycles. The number of nitrogens with zero attached hydrogens (tertiary/aromatic N) is 4. The number of hydrogen-bond donors (Lipinski definition) is 0. The molecule has 2 aromatic heterocycles. The molecule has 0 aliphatic carbocycles. The SMILES string of the molecule is CN(Cc1ccccc1)c1cc(-c2cncc(-c3ccccc3)c2)nc(-c2ccccc2)n1. The normalized spacial score (nSPS) is 10.7. The lowest BCUT2D eigenvalue weighted by Gasteiger charge is -2.20. The van der Waals surface area contributed by atoms with E-state index in [1.807, 2.05) is 73.1 Å². The third-order valence-electron chi connectivity index (χ3n) is 5.54. The fourth-order valence-electron chi connectivity index (χ4n) is 3.80. The van der Waals surface area contributed by atoms with Crippen molar-refractivity contribution in [3.05, 3.63) is 121 Å². The van der Waals surface area contributed by atoms with Crippen LogP contribution in [0.15, 0.2) is 116 Å². The average Bonchev–Trinajstić information content (AvgIpc) is 2.90. The molecule has 0 fully saturated rings. The van der Waals surface area contributed by atoms with Crippen molar-refractivity contribution in [1.29, 1.82) is 0 Å². The molecule has 4 heteroatoms. The molecule has 0 spiro atoms. The summed E-state index contributed by atoms with van der Waals surface area (Å²) in [7, 11) is 2.06. The molecule has 0 N–H and O–H groups in total. The Hall–Kier alpha value is -4.31. The van der Waals surface area contributed by atoms with Gasteiger partial charge in [0.05, 0.1) is 5.69 Å². The average molecular weight is 429 g/mol. The number of anilines is 1. The third kappa shape index (κ3) is 4.80. The van der Waals surface area contributed by atoms with E-state index in [1.165, 1.54) is 5.56 Å². The van der Waals surface area contributed by atoms with Gasteiger partial charge in [-0.05, 0) is 17.2 Å². The molecule has 0 aliphatic heterocycles. The number of aromatic nitrogens is 3. The molecule has 0 aliphatic rings. The van der Waals surface area contributed by atoms with Crippen LogP contribution in [0.3, 0.4) is 0 Å². The Balaban J connectivity index is 1.58. The minimum absolute atomic E-state index is 0.702.